The summed E-state index contributed by atoms with van der Waals surface area (Å²) in [4.78, 5) is 14.9. The Balaban J connectivity index is 2.29. The van der Waals surface area contributed by atoms with E-state index in [1.54, 1.807) is 20.8 Å². The summed E-state index contributed by atoms with van der Waals surface area (Å²) in [6.45, 7) is 5.71. The minimum absolute atomic E-state index is 0.287. The molecule has 1 aromatic rings. The van der Waals surface area contributed by atoms with E-state index < -0.39 is 11.7 Å². The number of carbonyl (C=O) groups is 1. The number of hydrogen-bond donors (Lipinski definition) is 1. The van der Waals surface area contributed by atoms with Crippen LogP contribution >= 0.6 is 0 Å². The number of oxazole rings is 1. The van der Waals surface area contributed by atoms with Crippen molar-refractivity contribution in [2.24, 2.45) is 0 Å². The number of aromatic nitrogens is 1. The lowest BCUT2D eigenvalue weighted by atomic mass is 10.2. The van der Waals surface area contributed by atoms with Crippen molar-refractivity contribution in [3.05, 3.63) is 18.4 Å². The van der Waals surface area contributed by atoms with E-state index >= 15 is 0 Å². The van der Waals surface area contributed by atoms with Gasteiger partial charge < -0.3 is 14.5 Å². The molecule has 0 saturated heterocycles. The van der Waals surface area contributed by atoms with E-state index in [9.17, 15) is 4.79 Å². The van der Waals surface area contributed by atoms with Gasteiger partial charge >= 0.3 is 6.09 Å². The number of carbonyl (C=O) groups excluding carboxylic acids is 1. The summed E-state index contributed by atoms with van der Waals surface area (Å²) in [5.41, 5.74) is -0.481. The second-order valence-electron chi connectivity index (χ2n) is 3.82. The molecule has 0 atom stereocenters. The van der Waals surface area contributed by atoms with E-state index in [1.165, 1.54) is 12.6 Å². The minimum Gasteiger partial charge on any atom is -0.447 e. The van der Waals surface area contributed by atoms with Crippen molar-refractivity contribution < 1.29 is 13.9 Å². The van der Waals surface area contributed by atoms with Crippen molar-refractivity contribution in [2.45, 2.75) is 32.9 Å². The van der Waals surface area contributed by atoms with E-state index in [1.807, 2.05) is 0 Å². The average molecular weight is 198 g/mol. The highest BCUT2D eigenvalue weighted by Crippen LogP contribution is 2.06. The van der Waals surface area contributed by atoms with Crippen LogP contribution < -0.4 is 5.32 Å². The van der Waals surface area contributed by atoms with E-state index in [0.717, 1.165) is 0 Å². The number of alkyl carbamates (subject to hydrolysis) is 1. The maximum atomic E-state index is 11.2. The highest BCUT2D eigenvalue weighted by molar-refractivity contribution is 5.67. The van der Waals surface area contributed by atoms with Crippen LogP contribution in [0, 0.1) is 0 Å². The van der Waals surface area contributed by atoms with Gasteiger partial charge in [-0.1, -0.05) is 0 Å². The SMILES string of the molecule is CC(C)(C)OC(=O)NCc1cnco1. The number of nitrogens with one attached hydrogen (secondary N) is 1. The second kappa shape index (κ2) is 4.13. The van der Waals surface area contributed by atoms with E-state index in [0.29, 0.717) is 5.76 Å². The van der Waals surface area contributed by atoms with Crippen LogP contribution in [0.1, 0.15) is 26.5 Å². The molecule has 0 aliphatic heterocycles. The van der Waals surface area contributed by atoms with Gasteiger partial charge in [0.15, 0.2) is 6.39 Å². The molecule has 0 aliphatic carbocycles. The van der Waals surface area contributed by atoms with Gasteiger partial charge in [0.2, 0.25) is 0 Å². The molecule has 1 amide bonds. The molecule has 1 aromatic heterocycles. The first-order chi connectivity index (χ1) is 6.47. The summed E-state index contributed by atoms with van der Waals surface area (Å²) in [5.74, 6) is 0.593. The lowest BCUT2D eigenvalue weighted by molar-refractivity contribution is 0.0520. The second-order valence-corrected chi connectivity index (χ2v) is 3.82. The van der Waals surface area contributed by atoms with Crippen LogP contribution in [0.2, 0.25) is 0 Å². The molecule has 0 saturated carbocycles. The highest BCUT2D eigenvalue weighted by Gasteiger charge is 2.15. The van der Waals surface area contributed by atoms with Crippen LogP contribution in [-0.4, -0.2) is 16.7 Å². The number of ether oxygens (including phenoxy) is 1. The monoisotopic (exact) mass is 198 g/mol. The lowest BCUT2D eigenvalue weighted by Gasteiger charge is -2.19. The zero-order valence-corrected chi connectivity index (χ0v) is 8.53. The first kappa shape index (κ1) is 10.6. The summed E-state index contributed by atoms with van der Waals surface area (Å²) in [6, 6.07) is 0. The fraction of sp³-hybridized carbons (Fsp3) is 0.556. The van der Waals surface area contributed by atoms with Crippen LogP contribution in [0.3, 0.4) is 0 Å². The average Bonchev–Trinajstić information content (AvgIpc) is 2.49. The number of nitrogens with zero attached hydrogens (tertiary/aromatic N) is 1. The van der Waals surface area contributed by atoms with Crippen LogP contribution in [0.5, 0.6) is 0 Å². The van der Waals surface area contributed by atoms with Crippen molar-refractivity contribution in [3.63, 3.8) is 0 Å². The summed E-state index contributed by atoms with van der Waals surface area (Å²) < 4.78 is 9.96. The van der Waals surface area contributed by atoms with Crippen molar-refractivity contribution in [3.8, 4) is 0 Å². The Morgan fingerprint density at radius 3 is 2.86 bits per heavy atom. The maximum Gasteiger partial charge on any atom is 0.408 e. The molecule has 0 aliphatic rings. The van der Waals surface area contributed by atoms with Crippen molar-refractivity contribution in [1.82, 2.24) is 10.3 Å². The maximum absolute atomic E-state index is 11.2. The first-order valence-corrected chi connectivity index (χ1v) is 4.31. The molecule has 78 valence electrons. The van der Waals surface area contributed by atoms with Gasteiger partial charge in [-0.3, -0.25) is 0 Å². The summed E-state index contributed by atoms with van der Waals surface area (Å²) in [5, 5.41) is 2.55. The molecule has 5 nitrogen and oxygen atoms in total. The molecular formula is C9H14N2O3. The molecule has 5 heteroatoms. The Morgan fingerprint density at radius 1 is 1.64 bits per heavy atom. The summed E-state index contributed by atoms with van der Waals surface area (Å²) in [7, 11) is 0. The van der Waals surface area contributed by atoms with E-state index in [4.69, 9.17) is 9.15 Å². The van der Waals surface area contributed by atoms with Crippen LogP contribution in [0.25, 0.3) is 0 Å². The van der Waals surface area contributed by atoms with Crippen molar-refractivity contribution in [1.29, 1.82) is 0 Å². The Labute approximate surface area is 82.5 Å². The highest BCUT2D eigenvalue weighted by atomic mass is 16.6. The van der Waals surface area contributed by atoms with Gasteiger partial charge in [-0.05, 0) is 20.8 Å². The molecule has 1 N–H and O–H groups in total. The van der Waals surface area contributed by atoms with Crippen LogP contribution in [-0.2, 0) is 11.3 Å². The molecule has 0 spiro atoms. The summed E-state index contributed by atoms with van der Waals surface area (Å²) in [6.07, 6.45) is 2.39. The van der Waals surface area contributed by atoms with E-state index in [2.05, 4.69) is 10.3 Å². The zero-order valence-electron chi connectivity index (χ0n) is 8.53. The Kier molecular flexibility index (Phi) is 3.11. The quantitative estimate of drug-likeness (QED) is 0.785. The molecule has 0 radical (unpaired) electrons. The van der Waals surface area contributed by atoms with Crippen LogP contribution in [0.15, 0.2) is 17.0 Å². The third kappa shape index (κ3) is 3.93. The topological polar surface area (TPSA) is 64.4 Å². The van der Waals surface area contributed by atoms with Gasteiger partial charge in [0.25, 0.3) is 0 Å². The van der Waals surface area contributed by atoms with Crippen LogP contribution in [0.4, 0.5) is 4.79 Å². The van der Waals surface area contributed by atoms with Gasteiger partial charge in [0.1, 0.15) is 11.4 Å². The van der Waals surface area contributed by atoms with E-state index in [-0.39, 0.29) is 6.54 Å². The number of rotatable bonds is 2. The third-order valence-electron chi connectivity index (χ3n) is 1.29. The Morgan fingerprint density at radius 2 is 2.36 bits per heavy atom. The predicted octanol–water partition coefficient (Wildman–Crippen LogP) is 1.70. The van der Waals surface area contributed by atoms with Gasteiger partial charge in [-0.25, -0.2) is 9.78 Å². The third-order valence-corrected chi connectivity index (χ3v) is 1.29. The predicted molar refractivity (Wildman–Crippen MR) is 49.6 cm³/mol. The Hall–Kier alpha value is -1.52. The lowest BCUT2D eigenvalue weighted by Crippen LogP contribution is -2.32. The number of hydrogen-bond acceptors (Lipinski definition) is 4. The summed E-state index contributed by atoms with van der Waals surface area (Å²) >= 11 is 0. The van der Waals surface area contributed by atoms with Gasteiger partial charge in [0, 0.05) is 0 Å². The molecule has 0 aromatic carbocycles. The smallest absolute Gasteiger partial charge is 0.408 e. The fourth-order valence-electron chi connectivity index (χ4n) is 0.803. The number of amides is 1. The normalized spacial score (nSPS) is 11.1. The largest absolute Gasteiger partial charge is 0.447 e. The molecule has 14 heavy (non-hydrogen) atoms. The molecular weight excluding hydrogens is 184 g/mol. The van der Waals surface area contributed by atoms with Crippen molar-refractivity contribution in [2.75, 3.05) is 0 Å². The fourth-order valence-corrected chi connectivity index (χ4v) is 0.803. The first-order valence-electron chi connectivity index (χ1n) is 4.31. The molecule has 0 fully saturated rings. The van der Waals surface area contributed by atoms with Gasteiger partial charge in [0.05, 0.1) is 12.7 Å². The molecule has 0 bridgehead atoms. The zero-order chi connectivity index (χ0) is 10.6. The molecule has 0 unspecified atom stereocenters. The molecule has 1 rings (SSSR count). The standard InChI is InChI=1S/C9H14N2O3/c1-9(2,3)14-8(12)11-5-7-4-10-6-13-7/h4,6H,5H2,1-3H3,(H,11,12). The minimum atomic E-state index is -0.481. The van der Waals surface area contributed by atoms with Gasteiger partial charge in [-0.15, -0.1) is 0 Å². The van der Waals surface area contributed by atoms with Crippen molar-refractivity contribution >= 4 is 6.09 Å². The van der Waals surface area contributed by atoms with Gasteiger partial charge in [-0.2, -0.15) is 0 Å². The Bertz CT molecular complexity index is 288. The molecule has 1 heterocycles.